The first kappa shape index (κ1) is 17.9. The molecule has 2 fully saturated rings. The van der Waals surface area contributed by atoms with Crippen LogP contribution >= 0.6 is 11.8 Å². The van der Waals surface area contributed by atoms with E-state index in [0.717, 1.165) is 29.5 Å². The summed E-state index contributed by atoms with van der Waals surface area (Å²) in [7, 11) is 0. The molecule has 0 aliphatic carbocycles. The number of carbonyl (C=O) groups is 3. The van der Waals surface area contributed by atoms with Crippen molar-refractivity contribution < 1.29 is 28.6 Å². The van der Waals surface area contributed by atoms with Crippen LogP contribution in [0.3, 0.4) is 0 Å². The standard InChI is InChI=1S/C18H18N2O6S/c21-16(19-8-12-2-1-5-24-12)9-20-17(22)15(27-18(20)23)7-11-3-4-13-14(6-11)26-10-25-13/h3-4,6-7,12H,1-2,5,8-10H2,(H,19,21)/b15-7-/t12-/m1/s1. The number of hydrogen-bond donors (Lipinski definition) is 1. The highest BCUT2D eigenvalue weighted by atomic mass is 32.2. The van der Waals surface area contributed by atoms with Crippen molar-refractivity contribution in [2.75, 3.05) is 26.5 Å². The Kier molecular flexibility index (Phi) is 5.04. The second-order valence-electron chi connectivity index (χ2n) is 6.32. The lowest BCUT2D eigenvalue weighted by molar-refractivity contribution is -0.129. The van der Waals surface area contributed by atoms with E-state index in [4.69, 9.17) is 14.2 Å². The van der Waals surface area contributed by atoms with E-state index in [2.05, 4.69) is 5.32 Å². The highest BCUT2D eigenvalue weighted by molar-refractivity contribution is 8.18. The van der Waals surface area contributed by atoms with Crippen molar-refractivity contribution in [3.63, 3.8) is 0 Å². The van der Waals surface area contributed by atoms with E-state index in [1.807, 2.05) is 0 Å². The first-order valence-electron chi connectivity index (χ1n) is 8.63. The predicted molar refractivity (Wildman–Crippen MR) is 97.2 cm³/mol. The maximum atomic E-state index is 12.5. The fraction of sp³-hybridized carbons (Fsp3) is 0.389. The molecule has 0 spiro atoms. The van der Waals surface area contributed by atoms with Gasteiger partial charge in [0.05, 0.1) is 11.0 Å². The van der Waals surface area contributed by atoms with Crippen LogP contribution < -0.4 is 14.8 Å². The summed E-state index contributed by atoms with van der Waals surface area (Å²) in [6.07, 6.45) is 3.50. The summed E-state index contributed by atoms with van der Waals surface area (Å²) in [5.74, 6) is 0.381. The third-order valence-corrected chi connectivity index (χ3v) is 5.33. The van der Waals surface area contributed by atoms with E-state index < -0.39 is 11.1 Å². The Morgan fingerprint density at radius 1 is 1.30 bits per heavy atom. The van der Waals surface area contributed by atoms with Crippen molar-refractivity contribution >= 4 is 34.9 Å². The van der Waals surface area contributed by atoms with Crippen LogP contribution in [-0.2, 0) is 14.3 Å². The molecule has 3 aliphatic heterocycles. The molecule has 1 N–H and O–H groups in total. The zero-order valence-corrected chi connectivity index (χ0v) is 15.3. The third kappa shape index (κ3) is 3.93. The molecule has 0 unspecified atom stereocenters. The second kappa shape index (κ2) is 7.61. The zero-order chi connectivity index (χ0) is 18.8. The molecule has 1 atom stereocenters. The molecule has 0 aromatic heterocycles. The number of imide groups is 1. The molecule has 0 bridgehead atoms. The van der Waals surface area contributed by atoms with Crippen LogP contribution in [0.5, 0.6) is 11.5 Å². The summed E-state index contributed by atoms with van der Waals surface area (Å²) in [5.41, 5.74) is 0.715. The van der Waals surface area contributed by atoms with Gasteiger partial charge < -0.3 is 19.5 Å². The Labute approximate surface area is 159 Å². The van der Waals surface area contributed by atoms with Crippen molar-refractivity contribution in [3.05, 3.63) is 28.7 Å². The van der Waals surface area contributed by atoms with Gasteiger partial charge in [-0.2, -0.15) is 0 Å². The summed E-state index contributed by atoms with van der Waals surface area (Å²) in [5, 5.41) is 2.26. The van der Waals surface area contributed by atoms with E-state index in [1.54, 1.807) is 24.3 Å². The highest BCUT2D eigenvalue weighted by Crippen LogP contribution is 2.36. The maximum absolute atomic E-state index is 12.5. The lowest BCUT2D eigenvalue weighted by atomic mass is 10.2. The number of hydrogen-bond acceptors (Lipinski definition) is 7. The van der Waals surface area contributed by atoms with Gasteiger partial charge in [-0.05, 0) is 48.4 Å². The molecule has 3 aliphatic rings. The molecule has 27 heavy (non-hydrogen) atoms. The molecular weight excluding hydrogens is 372 g/mol. The average Bonchev–Trinajstić information content (AvgIpc) is 3.38. The second-order valence-corrected chi connectivity index (χ2v) is 7.31. The van der Waals surface area contributed by atoms with Crippen molar-refractivity contribution in [3.8, 4) is 11.5 Å². The number of carbonyl (C=O) groups excluding carboxylic acids is 3. The molecule has 142 valence electrons. The van der Waals surface area contributed by atoms with Crippen LogP contribution in [0.1, 0.15) is 18.4 Å². The minimum atomic E-state index is -0.477. The van der Waals surface area contributed by atoms with E-state index in [0.29, 0.717) is 30.2 Å². The minimum Gasteiger partial charge on any atom is -0.454 e. The quantitative estimate of drug-likeness (QED) is 0.766. The number of ether oxygens (including phenoxy) is 3. The van der Waals surface area contributed by atoms with Crippen molar-refractivity contribution in [1.29, 1.82) is 0 Å². The van der Waals surface area contributed by atoms with Crippen molar-refractivity contribution in [1.82, 2.24) is 10.2 Å². The van der Waals surface area contributed by atoms with Crippen LogP contribution in [-0.4, -0.2) is 54.5 Å². The maximum Gasteiger partial charge on any atom is 0.294 e. The van der Waals surface area contributed by atoms with Gasteiger partial charge in [0, 0.05) is 13.2 Å². The summed E-state index contributed by atoms with van der Waals surface area (Å²) < 4.78 is 16.0. The first-order valence-corrected chi connectivity index (χ1v) is 9.45. The van der Waals surface area contributed by atoms with E-state index >= 15 is 0 Å². The topological polar surface area (TPSA) is 94.2 Å². The Hall–Kier alpha value is -2.52. The van der Waals surface area contributed by atoms with E-state index in [9.17, 15) is 14.4 Å². The fourth-order valence-corrected chi connectivity index (χ4v) is 3.86. The van der Waals surface area contributed by atoms with Gasteiger partial charge in [-0.3, -0.25) is 19.3 Å². The molecule has 8 nitrogen and oxygen atoms in total. The van der Waals surface area contributed by atoms with Crippen LogP contribution in [0.15, 0.2) is 23.1 Å². The van der Waals surface area contributed by atoms with Gasteiger partial charge >= 0.3 is 0 Å². The van der Waals surface area contributed by atoms with Crippen molar-refractivity contribution in [2.24, 2.45) is 0 Å². The Morgan fingerprint density at radius 2 is 2.15 bits per heavy atom. The number of nitrogens with zero attached hydrogens (tertiary/aromatic N) is 1. The van der Waals surface area contributed by atoms with Crippen LogP contribution in [0, 0.1) is 0 Å². The first-order chi connectivity index (χ1) is 13.1. The van der Waals surface area contributed by atoms with Gasteiger partial charge in [0.25, 0.3) is 11.1 Å². The number of nitrogens with one attached hydrogen (secondary N) is 1. The number of amides is 3. The van der Waals surface area contributed by atoms with Gasteiger partial charge in [-0.25, -0.2) is 0 Å². The Morgan fingerprint density at radius 3 is 2.96 bits per heavy atom. The average molecular weight is 390 g/mol. The predicted octanol–water partition coefficient (Wildman–Crippen LogP) is 1.75. The molecule has 1 aromatic carbocycles. The molecule has 9 heteroatoms. The molecule has 3 heterocycles. The fourth-order valence-electron chi connectivity index (χ4n) is 3.02. The van der Waals surface area contributed by atoms with Crippen LogP contribution in [0.25, 0.3) is 6.08 Å². The smallest absolute Gasteiger partial charge is 0.294 e. The normalized spacial score (nSPS) is 22.7. The highest BCUT2D eigenvalue weighted by Gasteiger charge is 2.36. The van der Waals surface area contributed by atoms with Gasteiger partial charge in [0.1, 0.15) is 6.54 Å². The molecule has 0 radical (unpaired) electrons. The van der Waals surface area contributed by atoms with Crippen LogP contribution in [0.4, 0.5) is 4.79 Å². The molecule has 4 rings (SSSR count). The van der Waals surface area contributed by atoms with Gasteiger partial charge in [0.15, 0.2) is 11.5 Å². The lowest BCUT2D eigenvalue weighted by Gasteiger charge is -2.14. The summed E-state index contributed by atoms with van der Waals surface area (Å²) in [4.78, 5) is 37.9. The molecule has 1 aromatic rings. The summed E-state index contributed by atoms with van der Waals surface area (Å²) in [6, 6.07) is 5.26. The van der Waals surface area contributed by atoms with Crippen LogP contribution in [0.2, 0.25) is 0 Å². The Bertz CT molecular complexity index is 818. The van der Waals surface area contributed by atoms with E-state index in [1.165, 1.54) is 0 Å². The molecule has 0 saturated carbocycles. The minimum absolute atomic E-state index is 0.00905. The summed E-state index contributed by atoms with van der Waals surface area (Å²) >= 11 is 0.817. The third-order valence-electron chi connectivity index (χ3n) is 4.42. The Balaban J connectivity index is 1.38. The summed E-state index contributed by atoms with van der Waals surface area (Å²) in [6.45, 7) is 0.961. The van der Waals surface area contributed by atoms with Gasteiger partial charge in [-0.1, -0.05) is 6.07 Å². The van der Waals surface area contributed by atoms with Crippen molar-refractivity contribution in [2.45, 2.75) is 18.9 Å². The SMILES string of the molecule is O=C(CN1C(=O)S/C(=C\c2ccc3c(c2)OCO3)C1=O)NC[C@H]1CCCO1. The molecule has 3 amide bonds. The largest absolute Gasteiger partial charge is 0.454 e. The molecule has 2 saturated heterocycles. The van der Waals surface area contributed by atoms with E-state index in [-0.39, 0.29) is 30.3 Å². The van der Waals surface area contributed by atoms with Gasteiger partial charge in [-0.15, -0.1) is 0 Å². The number of rotatable bonds is 5. The number of thioether (sulfide) groups is 1. The molecular formula is C18H18N2O6S. The van der Waals surface area contributed by atoms with Gasteiger partial charge in [0.2, 0.25) is 12.7 Å². The number of fused-ring (bicyclic) bond motifs is 1. The monoisotopic (exact) mass is 390 g/mol. The zero-order valence-electron chi connectivity index (χ0n) is 14.4. The lowest BCUT2D eigenvalue weighted by Crippen LogP contribution is -2.41. The number of benzene rings is 1.